The Kier molecular flexibility index (Phi) is 3.63. The highest BCUT2D eigenvalue weighted by Gasteiger charge is 2.10. The van der Waals surface area contributed by atoms with Gasteiger partial charge in [-0.25, -0.2) is 9.97 Å². The van der Waals surface area contributed by atoms with Gasteiger partial charge in [-0.3, -0.25) is 0 Å². The number of nitrogens with zero attached hydrogens (tertiary/aromatic N) is 3. The van der Waals surface area contributed by atoms with Gasteiger partial charge in [0, 0.05) is 18.8 Å². The lowest BCUT2D eigenvalue weighted by molar-refractivity contribution is 0.727. The molecule has 0 spiro atoms. The highest BCUT2D eigenvalue weighted by atomic mass is 35.5. The number of imidazole rings is 1. The highest BCUT2D eigenvalue weighted by molar-refractivity contribution is 7.13. The summed E-state index contributed by atoms with van der Waals surface area (Å²) in [6.45, 7) is 0. The number of nitrogens with two attached hydrogens (primary N) is 1. The van der Waals surface area contributed by atoms with Gasteiger partial charge in [-0.2, -0.15) is 0 Å². The van der Waals surface area contributed by atoms with Gasteiger partial charge < -0.3 is 10.3 Å². The van der Waals surface area contributed by atoms with Crippen molar-refractivity contribution in [3.8, 4) is 0 Å². The lowest BCUT2D eigenvalue weighted by Gasteiger charge is -2.02. The van der Waals surface area contributed by atoms with Gasteiger partial charge in [0.1, 0.15) is 5.82 Å². The van der Waals surface area contributed by atoms with Gasteiger partial charge in [-0.15, -0.1) is 11.3 Å². The fourth-order valence-corrected chi connectivity index (χ4v) is 3.25. The Morgan fingerprint density at radius 2 is 2.15 bits per heavy atom. The molecule has 0 atom stereocenters. The number of hydrogen-bond acceptors (Lipinski definition) is 4. The highest BCUT2D eigenvalue weighted by Crippen LogP contribution is 2.24. The average molecular weight is 307 g/mol. The molecule has 0 aliphatic heterocycles. The van der Waals surface area contributed by atoms with E-state index in [2.05, 4.69) is 14.5 Å². The number of aryl methyl sites for hydroxylation is 3. The molecule has 0 radical (unpaired) electrons. The molecule has 104 valence electrons. The molecular weight excluding hydrogens is 292 g/mol. The summed E-state index contributed by atoms with van der Waals surface area (Å²) in [4.78, 5) is 8.91. The molecule has 0 bridgehead atoms. The molecule has 0 saturated carbocycles. The Morgan fingerprint density at radius 1 is 1.30 bits per heavy atom. The zero-order valence-electron chi connectivity index (χ0n) is 11.1. The lowest BCUT2D eigenvalue weighted by Crippen LogP contribution is -1.99. The first kappa shape index (κ1) is 13.4. The van der Waals surface area contributed by atoms with Gasteiger partial charge in [-0.05, 0) is 25.0 Å². The molecule has 3 rings (SSSR count). The van der Waals surface area contributed by atoms with E-state index in [0.29, 0.717) is 5.13 Å². The third-order valence-electron chi connectivity index (χ3n) is 3.34. The quantitative estimate of drug-likeness (QED) is 0.803. The van der Waals surface area contributed by atoms with Crippen molar-refractivity contribution in [1.82, 2.24) is 14.5 Å². The maximum atomic E-state index is 6.22. The monoisotopic (exact) mass is 306 g/mol. The van der Waals surface area contributed by atoms with Crippen molar-refractivity contribution in [1.29, 1.82) is 0 Å². The van der Waals surface area contributed by atoms with E-state index in [1.807, 2.05) is 30.6 Å². The predicted molar refractivity (Wildman–Crippen MR) is 84.3 cm³/mol. The van der Waals surface area contributed by atoms with E-state index < -0.39 is 0 Å². The number of benzene rings is 1. The third kappa shape index (κ3) is 2.51. The zero-order chi connectivity index (χ0) is 14.1. The summed E-state index contributed by atoms with van der Waals surface area (Å²) in [5.41, 5.74) is 8.64. The predicted octanol–water partition coefficient (Wildman–Crippen LogP) is 3.44. The van der Waals surface area contributed by atoms with Gasteiger partial charge in [0.15, 0.2) is 5.13 Å². The minimum absolute atomic E-state index is 0.634. The van der Waals surface area contributed by atoms with Gasteiger partial charge in [0.2, 0.25) is 0 Å². The topological polar surface area (TPSA) is 56.7 Å². The average Bonchev–Trinajstić information content (AvgIpc) is 2.96. The minimum Gasteiger partial charge on any atom is -0.375 e. The lowest BCUT2D eigenvalue weighted by atomic mass is 10.2. The standard InChI is InChI=1S/C14H15ClN4S/c1-19-12(7-2-4-9-8-20-14(16)17-9)18-11-6-3-5-10(15)13(11)19/h3,5-6,8H,2,4,7H2,1H3,(H2,16,17). The number of aromatic nitrogens is 3. The van der Waals surface area contributed by atoms with Gasteiger partial charge in [0.25, 0.3) is 0 Å². The number of thiazole rings is 1. The maximum absolute atomic E-state index is 6.22. The van der Waals surface area contributed by atoms with Crippen LogP contribution < -0.4 is 5.73 Å². The molecule has 0 fully saturated rings. The summed E-state index contributed by atoms with van der Waals surface area (Å²) in [6.07, 6.45) is 2.82. The zero-order valence-corrected chi connectivity index (χ0v) is 12.7. The minimum atomic E-state index is 0.634. The number of para-hydroxylation sites is 1. The second kappa shape index (κ2) is 5.42. The van der Waals surface area contributed by atoms with Crippen molar-refractivity contribution in [3.05, 3.63) is 40.1 Å². The van der Waals surface area contributed by atoms with Crippen LogP contribution in [0.2, 0.25) is 5.02 Å². The molecule has 0 amide bonds. The Labute approximate surface area is 126 Å². The largest absolute Gasteiger partial charge is 0.375 e. The number of halogens is 1. The Morgan fingerprint density at radius 3 is 2.85 bits per heavy atom. The number of hydrogen-bond donors (Lipinski definition) is 1. The van der Waals surface area contributed by atoms with E-state index in [0.717, 1.165) is 46.8 Å². The van der Waals surface area contributed by atoms with Gasteiger partial charge in [0.05, 0.1) is 21.7 Å². The van der Waals surface area contributed by atoms with Crippen LogP contribution in [0.1, 0.15) is 17.9 Å². The van der Waals surface area contributed by atoms with Crippen molar-refractivity contribution < 1.29 is 0 Å². The van der Waals surface area contributed by atoms with Crippen molar-refractivity contribution in [2.75, 3.05) is 5.73 Å². The van der Waals surface area contributed by atoms with Crippen molar-refractivity contribution >= 4 is 39.1 Å². The van der Waals surface area contributed by atoms with Crippen LogP contribution in [0.5, 0.6) is 0 Å². The molecule has 0 saturated heterocycles. The molecule has 6 heteroatoms. The molecule has 0 unspecified atom stereocenters. The molecule has 20 heavy (non-hydrogen) atoms. The van der Waals surface area contributed by atoms with Gasteiger partial charge >= 0.3 is 0 Å². The first-order valence-corrected chi connectivity index (χ1v) is 7.70. The summed E-state index contributed by atoms with van der Waals surface area (Å²) in [5.74, 6) is 1.05. The van der Waals surface area contributed by atoms with Gasteiger partial charge in [-0.1, -0.05) is 17.7 Å². The SMILES string of the molecule is Cn1c(CCCc2csc(N)n2)nc2cccc(Cl)c21. The fraction of sp³-hybridized carbons (Fsp3) is 0.286. The van der Waals surface area contributed by atoms with Crippen LogP contribution in [0, 0.1) is 0 Å². The van der Waals surface area contributed by atoms with E-state index in [1.165, 1.54) is 11.3 Å². The molecule has 0 aliphatic rings. The van der Waals surface area contributed by atoms with Crippen LogP contribution in [0.25, 0.3) is 11.0 Å². The Bertz CT molecular complexity index is 747. The molecule has 3 aromatic rings. The Balaban J connectivity index is 1.74. The first-order chi connectivity index (χ1) is 9.65. The van der Waals surface area contributed by atoms with Crippen LogP contribution >= 0.6 is 22.9 Å². The summed E-state index contributed by atoms with van der Waals surface area (Å²) in [7, 11) is 2.01. The molecule has 4 nitrogen and oxygen atoms in total. The number of nitrogen functional groups attached to an aromatic ring is 1. The van der Waals surface area contributed by atoms with Crippen LogP contribution in [0.4, 0.5) is 5.13 Å². The molecule has 1 aromatic carbocycles. The van der Waals surface area contributed by atoms with Crippen LogP contribution in [-0.2, 0) is 19.9 Å². The first-order valence-electron chi connectivity index (χ1n) is 6.45. The van der Waals surface area contributed by atoms with E-state index in [-0.39, 0.29) is 0 Å². The van der Waals surface area contributed by atoms with Crippen LogP contribution in [-0.4, -0.2) is 14.5 Å². The molecular formula is C14H15ClN4S. The van der Waals surface area contributed by atoms with E-state index in [4.69, 9.17) is 17.3 Å². The smallest absolute Gasteiger partial charge is 0.180 e. The van der Waals surface area contributed by atoms with Crippen LogP contribution in [0.15, 0.2) is 23.6 Å². The summed E-state index contributed by atoms with van der Waals surface area (Å²) < 4.78 is 2.08. The molecule has 2 heterocycles. The van der Waals surface area contributed by atoms with Crippen molar-refractivity contribution in [2.45, 2.75) is 19.3 Å². The summed E-state index contributed by atoms with van der Waals surface area (Å²) in [5, 5.41) is 3.40. The van der Waals surface area contributed by atoms with Crippen LogP contribution in [0.3, 0.4) is 0 Å². The maximum Gasteiger partial charge on any atom is 0.180 e. The number of anilines is 1. The Hall–Kier alpha value is -1.59. The normalized spacial score (nSPS) is 11.3. The second-order valence-corrected chi connectivity index (χ2v) is 6.02. The fourth-order valence-electron chi connectivity index (χ4n) is 2.36. The molecule has 0 aliphatic carbocycles. The van der Waals surface area contributed by atoms with Crippen molar-refractivity contribution in [2.24, 2.45) is 7.05 Å². The number of rotatable bonds is 4. The van der Waals surface area contributed by atoms with E-state index in [1.54, 1.807) is 0 Å². The van der Waals surface area contributed by atoms with E-state index >= 15 is 0 Å². The van der Waals surface area contributed by atoms with E-state index in [9.17, 15) is 0 Å². The summed E-state index contributed by atoms with van der Waals surface area (Å²) >= 11 is 7.71. The summed E-state index contributed by atoms with van der Waals surface area (Å²) in [6, 6.07) is 5.82. The molecule has 2 N–H and O–H groups in total. The third-order valence-corrected chi connectivity index (χ3v) is 4.37. The second-order valence-electron chi connectivity index (χ2n) is 4.73. The number of fused-ring (bicyclic) bond motifs is 1. The van der Waals surface area contributed by atoms with Crippen molar-refractivity contribution in [3.63, 3.8) is 0 Å². The molecule has 2 aromatic heterocycles.